The molecule has 4 heteroatoms. The highest BCUT2D eigenvalue weighted by atomic mass is 16.3. The zero-order valence-electron chi connectivity index (χ0n) is 13.8. The zero-order chi connectivity index (χ0) is 17.4. The van der Waals surface area contributed by atoms with Crippen molar-refractivity contribution in [1.29, 1.82) is 0 Å². The van der Waals surface area contributed by atoms with E-state index in [9.17, 15) is 9.90 Å². The average molecular weight is 330 g/mol. The molecule has 3 N–H and O–H groups in total. The Morgan fingerprint density at radius 1 is 1.00 bits per heavy atom. The highest BCUT2D eigenvalue weighted by Crippen LogP contribution is 2.38. The third-order valence-electron chi connectivity index (χ3n) is 4.52. The van der Waals surface area contributed by atoms with Crippen molar-refractivity contribution in [2.75, 3.05) is 0 Å². The monoisotopic (exact) mass is 330 g/mol. The van der Waals surface area contributed by atoms with Crippen molar-refractivity contribution in [1.82, 2.24) is 10.3 Å². The van der Waals surface area contributed by atoms with E-state index in [1.54, 1.807) is 6.07 Å². The molecule has 4 aromatic rings. The number of hydrogen-bond acceptors (Lipinski definition) is 2. The van der Waals surface area contributed by atoms with Crippen LogP contribution in [0.5, 0.6) is 5.75 Å². The molecule has 0 aliphatic heterocycles. The SMILES string of the molecule is CC(=O)NC(c1c(O)ccc2ccccc12)c1c[nH]c2ccccc12. The maximum Gasteiger partial charge on any atom is 0.217 e. The molecule has 0 saturated carbocycles. The number of carbonyl (C=O) groups excluding carboxylic acids is 1. The van der Waals surface area contributed by atoms with Gasteiger partial charge in [0.1, 0.15) is 5.75 Å². The van der Waals surface area contributed by atoms with Crippen LogP contribution in [-0.2, 0) is 4.79 Å². The highest BCUT2D eigenvalue weighted by Gasteiger charge is 2.23. The van der Waals surface area contributed by atoms with Crippen LogP contribution in [0.15, 0.2) is 66.9 Å². The lowest BCUT2D eigenvalue weighted by Gasteiger charge is -2.21. The van der Waals surface area contributed by atoms with Gasteiger partial charge in [-0.2, -0.15) is 0 Å². The van der Waals surface area contributed by atoms with Crippen molar-refractivity contribution in [2.24, 2.45) is 0 Å². The van der Waals surface area contributed by atoms with Gasteiger partial charge in [-0.05, 0) is 22.9 Å². The number of phenols is 1. The topological polar surface area (TPSA) is 65.1 Å². The summed E-state index contributed by atoms with van der Waals surface area (Å²) in [6.07, 6.45) is 1.90. The first-order valence-electron chi connectivity index (χ1n) is 8.19. The molecule has 4 nitrogen and oxygen atoms in total. The third-order valence-corrected chi connectivity index (χ3v) is 4.52. The standard InChI is InChI=1S/C21H18N2O2/c1-13(24)23-21(17-12-22-18-9-5-4-8-16(17)18)20-15-7-3-2-6-14(15)10-11-19(20)25/h2-12,21-22,25H,1H3,(H,23,24). The van der Waals surface area contributed by atoms with Crippen LogP contribution in [-0.4, -0.2) is 16.0 Å². The van der Waals surface area contributed by atoms with Gasteiger partial charge in [0.05, 0.1) is 6.04 Å². The summed E-state index contributed by atoms with van der Waals surface area (Å²) in [5.41, 5.74) is 2.63. The van der Waals surface area contributed by atoms with E-state index in [2.05, 4.69) is 10.3 Å². The van der Waals surface area contributed by atoms with Crippen molar-refractivity contribution in [3.63, 3.8) is 0 Å². The molecule has 1 atom stereocenters. The fourth-order valence-corrected chi connectivity index (χ4v) is 3.43. The third kappa shape index (κ3) is 2.62. The number of aromatic nitrogens is 1. The molecular weight excluding hydrogens is 312 g/mol. The van der Waals surface area contributed by atoms with Crippen molar-refractivity contribution in [3.8, 4) is 5.75 Å². The van der Waals surface area contributed by atoms with Gasteiger partial charge < -0.3 is 15.4 Å². The Morgan fingerprint density at radius 3 is 2.52 bits per heavy atom. The Morgan fingerprint density at radius 2 is 1.72 bits per heavy atom. The predicted octanol–water partition coefficient (Wildman–Crippen LogP) is 4.25. The Bertz CT molecular complexity index is 1080. The number of carbonyl (C=O) groups is 1. The molecule has 0 saturated heterocycles. The van der Waals surface area contributed by atoms with Gasteiger partial charge >= 0.3 is 0 Å². The second kappa shape index (κ2) is 5.98. The summed E-state index contributed by atoms with van der Waals surface area (Å²) in [4.78, 5) is 15.1. The van der Waals surface area contributed by atoms with Crippen LogP contribution in [0, 0.1) is 0 Å². The van der Waals surface area contributed by atoms with Crippen molar-refractivity contribution < 1.29 is 9.90 Å². The van der Waals surface area contributed by atoms with E-state index >= 15 is 0 Å². The van der Waals surface area contributed by atoms with Crippen LogP contribution in [0.3, 0.4) is 0 Å². The van der Waals surface area contributed by atoms with Gasteiger partial charge in [-0.1, -0.05) is 48.5 Å². The van der Waals surface area contributed by atoms with Crippen LogP contribution in [0.2, 0.25) is 0 Å². The Hall–Kier alpha value is -3.27. The lowest BCUT2D eigenvalue weighted by atomic mass is 9.92. The maximum atomic E-state index is 11.9. The van der Waals surface area contributed by atoms with E-state index in [4.69, 9.17) is 0 Å². The first kappa shape index (κ1) is 15.3. The minimum atomic E-state index is -0.445. The van der Waals surface area contributed by atoms with Gasteiger partial charge in [-0.15, -0.1) is 0 Å². The first-order chi connectivity index (χ1) is 12.1. The number of amides is 1. The average Bonchev–Trinajstić information content (AvgIpc) is 3.04. The number of nitrogens with one attached hydrogen (secondary N) is 2. The molecule has 0 spiro atoms. The van der Waals surface area contributed by atoms with Gasteiger partial charge in [0.15, 0.2) is 0 Å². The van der Waals surface area contributed by atoms with E-state index in [0.717, 1.165) is 27.2 Å². The lowest BCUT2D eigenvalue weighted by Crippen LogP contribution is -2.27. The fourth-order valence-electron chi connectivity index (χ4n) is 3.43. The molecule has 1 heterocycles. The number of aromatic amines is 1. The van der Waals surface area contributed by atoms with Gasteiger partial charge in [-0.25, -0.2) is 0 Å². The first-order valence-corrected chi connectivity index (χ1v) is 8.19. The normalized spacial score (nSPS) is 12.4. The molecular formula is C21H18N2O2. The highest BCUT2D eigenvalue weighted by molar-refractivity contribution is 5.91. The van der Waals surface area contributed by atoms with Crippen LogP contribution >= 0.6 is 0 Å². The minimum Gasteiger partial charge on any atom is -0.508 e. The van der Waals surface area contributed by atoms with Crippen LogP contribution in [0.25, 0.3) is 21.7 Å². The summed E-state index contributed by atoms with van der Waals surface area (Å²) < 4.78 is 0. The van der Waals surface area contributed by atoms with Crippen LogP contribution in [0.4, 0.5) is 0 Å². The molecule has 1 aromatic heterocycles. The lowest BCUT2D eigenvalue weighted by molar-refractivity contribution is -0.119. The largest absolute Gasteiger partial charge is 0.508 e. The fraction of sp³-hybridized carbons (Fsp3) is 0.0952. The molecule has 1 amide bonds. The van der Waals surface area contributed by atoms with Crippen molar-refractivity contribution >= 4 is 27.6 Å². The number of para-hydroxylation sites is 1. The Labute approximate surface area is 145 Å². The van der Waals surface area contributed by atoms with Crippen LogP contribution < -0.4 is 5.32 Å². The van der Waals surface area contributed by atoms with E-state index in [1.807, 2.05) is 60.8 Å². The molecule has 25 heavy (non-hydrogen) atoms. The van der Waals surface area contributed by atoms with E-state index in [-0.39, 0.29) is 11.7 Å². The second-order valence-electron chi connectivity index (χ2n) is 6.14. The van der Waals surface area contributed by atoms with E-state index in [0.29, 0.717) is 5.56 Å². The number of H-pyrrole nitrogens is 1. The van der Waals surface area contributed by atoms with E-state index in [1.165, 1.54) is 6.92 Å². The molecule has 0 radical (unpaired) electrons. The number of hydrogen-bond donors (Lipinski definition) is 3. The summed E-state index contributed by atoms with van der Waals surface area (Å²) in [6, 6.07) is 18.9. The molecule has 1 unspecified atom stereocenters. The number of rotatable bonds is 3. The number of fused-ring (bicyclic) bond motifs is 2. The molecule has 0 fully saturated rings. The summed E-state index contributed by atoms with van der Waals surface area (Å²) in [7, 11) is 0. The number of phenolic OH excluding ortho intramolecular Hbond substituents is 1. The van der Waals surface area contributed by atoms with Gasteiger partial charge in [0, 0.05) is 35.2 Å². The summed E-state index contributed by atoms with van der Waals surface area (Å²) in [5, 5.41) is 16.6. The molecule has 4 rings (SSSR count). The van der Waals surface area contributed by atoms with Crippen molar-refractivity contribution in [3.05, 3.63) is 78.0 Å². The molecule has 124 valence electrons. The van der Waals surface area contributed by atoms with Gasteiger partial charge in [0.2, 0.25) is 5.91 Å². The molecule has 0 bridgehead atoms. The molecule has 3 aromatic carbocycles. The van der Waals surface area contributed by atoms with E-state index < -0.39 is 6.04 Å². The quantitative estimate of drug-likeness (QED) is 0.526. The number of benzene rings is 3. The minimum absolute atomic E-state index is 0.150. The van der Waals surface area contributed by atoms with Crippen molar-refractivity contribution in [2.45, 2.75) is 13.0 Å². The second-order valence-corrected chi connectivity index (χ2v) is 6.14. The maximum absolute atomic E-state index is 11.9. The molecule has 0 aliphatic carbocycles. The van der Waals surface area contributed by atoms with Gasteiger partial charge in [-0.3, -0.25) is 4.79 Å². The Kier molecular flexibility index (Phi) is 3.65. The summed E-state index contributed by atoms with van der Waals surface area (Å²) in [5.74, 6) is 0.0188. The molecule has 0 aliphatic rings. The smallest absolute Gasteiger partial charge is 0.217 e. The number of aromatic hydroxyl groups is 1. The summed E-state index contributed by atoms with van der Waals surface area (Å²) >= 11 is 0. The zero-order valence-corrected chi connectivity index (χ0v) is 13.8. The predicted molar refractivity (Wildman–Crippen MR) is 99.6 cm³/mol. The van der Waals surface area contributed by atoms with Crippen LogP contribution in [0.1, 0.15) is 24.1 Å². The Balaban J connectivity index is 2.00. The summed E-state index contributed by atoms with van der Waals surface area (Å²) in [6.45, 7) is 1.49. The van der Waals surface area contributed by atoms with Gasteiger partial charge in [0.25, 0.3) is 0 Å².